The van der Waals surface area contributed by atoms with Crippen LogP contribution in [0.3, 0.4) is 0 Å². The monoisotopic (exact) mass is 749 g/mol. The summed E-state index contributed by atoms with van der Waals surface area (Å²) in [5.74, 6) is -2.61. The minimum Gasteiger partial charge on any atom is -0.724 e. The summed E-state index contributed by atoms with van der Waals surface area (Å²) in [7, 11) is -5.27. The Hall–Kier alpha value is -4.67. The average molecular weight is 750 g/mol. The van der Waals surface area contributed by atoms with Crippen LogP contribution < -0.4 is 31.5 Å². The van der Waals surface area contributed by atoms with Crippen molar-refractivity contribution in [3.8, 4) is 16.9 Å². The number of aryl methyl sites for hydroxylation is 1. The van der Waals surface area contributed by atoms with E-state index in [1.807, 2.05) is 12.1 Å². The standard InChI is InChI=1S/C30H39N9O10S2/c1-30(2)25(27(41)39(30)49-51(44,45)46)35-26(40)24(22-17-50-29(32)34-22)36-48-23(28(42)43)16-47-21-6-4-19(5-7-21)20-14-37(11-3-9-31)38(15-20)13-18-8-10-33-12-18/h4-7,14-15,17-18,23,25,33H,3,8-13,16,31H2,1-2H3,(H4-,32,34,35,40,42,43,44,45,46)/b36-24-/t18-,23+,25-/m1/s1. The van der Waals surface area contributed by atoms with Crippen LogP contribution in [0.1, 0.15) is 32.4 Å². The van der Waals surface area contributed by atoms with Crippen molar-refractivity contribution in [3.05, 3.63) is 47.7 Å². The molecule has 2 amide bonds. The highest BCUT2D eigenvalue weighted by Crippen LogP contribution is 2.33. The van der Waals surface area contributed by atoms with Gasteiger partial charge in [0, 0.05) is 17.8 Å². The van der Waals surface area contributed by atoms with Crippen molar-refractivity contribution >= 4 is 50.4 Å². The zero-order chi connectivity index (χ0) is 36.9. The lowest BCUT2D eigenvalue weighted by Gasteiger charge is -2.51. The third-order valence-corrected chi connectivity index (χ3v) is 9.34. The zero-order valence-electron chi connectivity index (χ0n) is 27.8. The molecule has 276 valence electrons. The lowest BCUT2D eigenvalue weighted by molar-refractivity contribution is -0.780. The number of hydrogen-bond donors (Lipinski definition) is 5. The SMILES string of the molecule is CC1(C)[C@H](NC(=O)/C(=N\O[C@@H](COc2ccc(-c3cn(CCCN)[n+](C[C@@H]4CCNC4)c3)cc2)C(=O)O)c2csc(N)n2)C(=O)N1OS(=O)(=O)[O-]. The number of aliphatic carboxylic acids is 1. The number of carboxylic acid groups (broad SMARTS) is 1. The van der Waals surface area contributed by atoms with Gasteiger partial charge in [-0.05, 0) is 57.5 Å². The molecule has 2 saturated heterocycles. The highest BCUT2D eigenvalue weighted by atomic mass is 32.3. The molecule has 2 fully saturated rings. The molecule has 0 saturated carbocycles. The number of oxime groups is 1. The summed E-state index contributed by atoms with van der Waals surface area (Å²) in [6, 6.07) is 5.74. The maximum Gasteiger partial charge on any atom is 0.351 e. The number of ether oxygens (including phenoxy) is 1. The van der Waals surface area contributed by atoms with E-state index in [9.17, 15) is 32.5 Å². The van der Waals surface area contributed by atoms with Crippen molar-refractivity contribution in [1.82, 2.24) is 25.4 Å². The molecule has 2 aromatic heterocycles. The summed E-state index contributed by atoms with van der Waals surface area (Å²) in [5, 5.41) is 21.1. The van der Waals surface area contributed by atoms with E-state index in [0.29, 0.717) is 23.3 Å². The van der Waals surface area contributed by atoms with Crippen molar-refractivity contribution < 1.29 is 51.0 Å². The summed E-state index contributed by atoms with van der Waals surface area (Å²) in [5.41, 5.74) is 11.3. The molecule has 0 spiro atoms. The van der Waals surface area contributed by atoms with Gasteiger partial charge in [-0.1, -0.05) is 17.3 Å². The normalized spacial score (nSPS) is 19.4. The molecule has 2 aliphatic heterocycles. The van der Waals surface area contributed by atoms with Gasteiger partial charge in [0.05, 0.1) is 23.8 Å². The topological polar surface area (TPSA) is 270 Å². The van der Waals surface area contributed by atoms with Crippen LogP contribution in [-0.2, 0) is 47.0 Å². The van der Waals surface area contributed by atoms with Gasteiger partial charge in [0.1, 0.15) is 24.1 Å². The summed E-state index contributed by atoms with van der Waals surface area (Å²) in [4.78, 5) is 47.1. The van der Waals surface area contributed by atoms with Crippen molar-refractivity contribution in [3.63, 3.8) is 0 Å². The Morgan fingerprint density at radius 1 is 1.29 bits per heavy atom. The molecular formula is C30H39N9O10S2. The third kappa shape index (κ3) is 9.17. The van der Waals surface area contributed by atoms with Gasteiger partial charge in [-0.3, -0.25) is 9.59 Å². The van der Waals surface area contributed by atoms with Gasteiger partial charge < -0.3 is 41.3 Å². The molecule has 7 N–H and O–H groups in total. The first kappa shape index (κ1) is 37.6. The fourth-order valence-corrected chi connectivity index (χ4v) is 6.58. The van der Waals surface area contributed by atoms with Crippen LogP contribution in [0.5, 0.6) is 5.75 Å². The molecule has 0 radical (unpaired) electrons. The van der Waals surface area contributed by atoms with Crippen molar-refractivity contribution in [2.75, 3.05) is 32.0 Å². The van der Waals surface area contributed by atoms with E-state index >= 15 is 0 Å². The second-order valence-corrected chi connectivity index (χ2v) is 14.3. The average Bonchev–Trinajstić information content (AvgIpc) is 3.85. The molecule has 3 atom stereocenters. The van der Waals surface area contributed by atoms with Crippen molar-refractivity contribution in [2.24, 2.45) is 16.8 Å². The summed E-state index contributed by atoms with van der Waals surface area (Å²) in [6.07, 6.45) is 4.45. The molecule has 21 heteroatoms. The second kappa shape index (κ2) is 15.7. The minimum absolute atomic E-state index is 0.0559. The first-order valence-corrected chi connectivity index (χ1v) is 18.1. The van der Waals surface area contributed by atoms with Crippen LogP contribution in [0.15, 0.2) is 47.2 Å². The second-order valence-electron chi connectivity index (χ2n) is 12.5. The highest BCUT2D eigenvalue weighted by molar-refractivity contribution is 7.80. The number of nitrogen functional groups attached to an aromatic ring is 1. The van der Waals surface area contributed by atoms with Crippen LogP contribution in [0, 0.1) is 5.92 Å². The molecule has 0 unspecified atom stereocenters. The number of carboxylic acids is 1. The van der Waals surface area contributed by atoms with Crippen LogP contribution in [0.2, 0.25) is 0 Å². The number of carbonyl (C=O) groups excluding carboxylic acids is 2. The van der Waals surface area contributed by atoms with Crippen LogP contribution >= 0.6 is 11.3 Å². The Labute approximate surface area is 297 Å². The summed E-state index contributed by atoms with van der Waals surface area (Å²) >= 11 is 0.958. The number of rotatable bonds is 17. The number of β-lactam (4-membered cyclic amide) rings is 1. The Kier molecular flexibility index (Phi) is 11.6. The Bertz CT molecular complexity index is 1870. The molecule has 19 nitrogen and oxygen atoms in total. The first-order chi connectivity index (χ1) is 24.2. The van der Waals surface area contributed by atoms with Crippen LogP contribution in [0.4, 0.5) is 5.13 Å². The van der Waals surface area contributed by atoms with E-state index < -0.39 is 58.2 Å². The number of carbonyl (C=O) groups is 3. The molecule has 3 aromatic rings. The van der Waals surface area contributed by atoms with Gasteiger partial charge in [0.2, 0.25) is 16.6 Å². The first-order valence-electron chi connectivity index (χ1n) is 15.9. The van der Waals surface area contributed by atoms with Gasteiger partial charge in [-0.2, -0.15) is 14.0 Å². The molecule has 5 rings (SSSR count). The fourth-order valence-electron chi connectivity index (χ4n) is 5.59. The predicted molar refractivity (Wildman–Crippen MR) is 179 cm³/mol. The lowest BCUT2D eigenvalue weighted by Crippen LogP contribution is -2.76. The van der Waals surface area contributed by atoms with E-state index in [4.69, 9.17) is 21.0 Å². The van der Waals surface area contributed by atoms with Gasteiger partial charge in [0.15, 0.2) is 17.4 Å². The Balaban J connectivity index is 1.25. The molecule has 0 aliphatic carbocycles. The molecule has 0 bridgehead atoms. The van der Waals surface area contributed by atoms with E-state index in [2.05, 4.69) is 46.8 Å². The number of anilines is 1. The summed E-state index contributed by atoms with van der Waals surface area (Å²) < 4.78 is 47.3. The number of hydroxylamine groups is 2. The molecule has 1 aromatic carbocycles. The number of nitrogens with zero attached hydrogens (tertiary/aromatic N) is 5. The van der Waals surface area contributed by atoms with E-state index in [1.165, 1.54) is 19.2 Å². The maximum absolute atomic E-state index is 13.3. The highest BCUT2D eigenvalue weighted by Gasteiger charge is 2.57. The third-order valence-electron chi connectivity index (χ3n) is 8.34. The van der Waals surface area contributed by atoms with E-state index in [1.54, 1.807) is 12.1 Å². The van der Waals surface area contributed by atoms with Crippen molar-refractivity contribution in [1.29, 1.82) is 0 Å². The van der Waals surface area contributed by atoms with Gasteiger partial charge in [-0.25, -0.2) is 18.2 Å². The van der Waals surface area contributed by atoms with E-state index in [-0.39, 0.29) is 10.8 Å². The number of amides is 2. The number of benzene rings is 1. The zero-order valence-corrected chi connectivity index (χ0v) is 29.4. The number of nitrogens with two attached hydrogens (primary N) is 2. The van der Waals surface area contributed by atoms with Gasteiger partial charge in [-0.15, -0.1) is 16.0 Å². The maximum atomic E-state index is 13.3. The number of thiazole rings is 1. The fraction of sp³-hybridized carbons (Fsp3) is 0.467. The van der Waals surface area contributed by atoms with E-state index in [0.717, 1.165) is 61.5 Å². The minimum atomic E-state index is -5.27. The summed E-state index contributed by atoms with van der Waals surface area (Å²) in [6.45, 7) is 6.43. The largest absolute Gasteiger partial charge is 0.724 e. The van der Waals surface area contributed by atoms with Crippen LogP contribution in [0.25, 0.3) is 11.1 Å². The molecule has 2 aliphatic rings. The molecule has 51 heavy (non-hydrogen) atoms. The quantitative estimate of drug-likeness (QED) is 0.0282. The van der Waals surface area contributed by atoms with Crippen LogP contribution in [-0.4, -0.2) is 100 Å². The Morgan fingerprint density at radius 3 is 2.63 bits per heavy atom. The molecule has 4 heterocycles. The van der Waals surface area contributed by atoms with Gasteiger partial charge in [0.25, 0.3) is 17.9 Å². The number of hydrogen-bond acceptors (Lipinski definition) is 15. The number of aromatic nitrogens is 3. The van der Waals surface area contributed by atoms with Crippen molar-refractivity contribution in [2.45, 2.75) is 57.5 Å². The lowest BCUT2D eigenvalue weighted by atomic mass is 9.84. The number of nitrogens with one attached hydrogen (secondary N) is 2. The molecular weight excluding hydrogens is 711 g/mol. The predicted octanol–water partition coefficient (Wildman–Crippen LogP) is -0.810. The Morgan fingerprint density at radius 2 is 2.04 bits per heavy atom. The smallest absolute Gasteiger partial charge is 0.351 e. The van der Waals surface area contributed by atoms with Gasteiger partial charge >= 0.3 is 5.97 Å².